The van der Waals surface area contributed by atoms with Crippen LogP contribution in [0, 0.1) is 10.1 Å². The van der Waals surface area contributed by atoms with Gasteiger partial charge in [0.25, 0.3) is 5.69 Å². The molecule has 0 heterocycles. The Bertz CT molecular complexity index is 762. The Kier molecular flexibility index (Phi) is 6.78. The molecule has 138 valence electrons. The van der Waals surface area contributed by atoms with Gasteiger partial charge in [-0.2, -0.15) is 0 Å². The van der Waals surface area contributed by atoms with E-state index in [0.29, 0.717) is 11.4 Å². The highest BCUT2D eigenvalue weighted by Gasteiger charge is 2.13. The zero-order chi connectivity index (χ0) is 18.9. The van der Waals surface area contributed by atoms with Gasteiger partial charge < -0.3 is 20.1 Å². The minimum atomic E-state index is -0.536. The normalized spacial score (nSPS) is 10.1. The molecule has 0 saturated carbocycles. The highest BCUT2D eigenvalue weighted by atomic mass is 16.6. The van der Waals surface area contributed by atoms with Crippen LogP contribution in [0.5, 0.6) is 11.5 Å². The van der Waals surface area contributed by atoms with Gasteiger partial charge in [-0.25, -0.2) is 4.79 Å². The Labute approximate surface area is 151 Å². The van der Waals surface area contributed by atoms with Gasteiger partial charge in [0.05, 0.1) is 23.8 Å². The predicted octanol–water partition coefficient (Wildman–Crippen LogP) is 3.71. The van der Waals surface area contributed by atoms with Crippen molar-refractivity contribution in [1.29, 1.82) is 0 Å². The van der Waals surface area contributed by atoms with Crippen LogP contribution >= 0.6 is 0 Å². The molecule has 2 aromatic carbocycles. The second kappa shape index (κ2) is 9.26. The number of carbonyl (C=O) groups excluding carboxylic acids is 1. The number of hydrogen-bond acceptors (Lipinski definition) is 5. The number of amides is 2. The predicted molar refractivity (Wildman–Crippen MR) is 97.7 cm³/mol. The molecule has 8 nitrogen and oxygen atoms in total. The zero-order valence-electron chi connectivity index (χ0n) is 14.7. The average molecular weight is 359 g/mol. The summed E-state index contributed by atoms with van der Waals surface area (Å²) in [6, 6.07) is 11.1. The van der Waals surface area contributed by atoms with Gasteiger partial charge in [-0.05, 0) is 30.2 Å². The van der Waals surface area contributed by atoms with Crippen molar-refractivity contribution in [2.75, 3.05) is 19.2 Å². The second-order valence-corrected chi connectivity index (χ2v) is 5.46. The molecule has 0 atom stereocenters. The molecule has 26 heavy (non-hydrogen) atoms. The fraction of sp³-hybridized carbons (Fsp3) is 0.278. The molecule has 0 fully saturated rings. The molecule has 0 aliphatic carbocycles. The molecule has 0 bridgehead atoms. The van der Waals surface area contributed by atoms with Crippen molar-refractivity contribution in [1.82, 2.24) is 5.32 Å². The third-order valence-corrected chi connectivity index (χ3v) is 3.58. The van der Waals surface area contributed by atoms with Gasteiger partial charge in [-0.3, -0.25) is 10.1 Å². The number of rotatable bonds is 8. The number of carbonyl (C=O) groups is 1. The fourth-order valence-corrected chi connectivity index (χ4v) is 2.29. The first kappa shape index (κ1) is 19.0. The Hall–Kier alpha value is -3.29. The molecule has 2 N–H and O–H groups in total. The summed E-state index contributed by atoms with van der Waals surface area (Å²) in [6.07, 6.45) is 2.09. The summed E-state index contributed by atoms with van der Waals surface area (Å²) in [4.78, 5) is 22.2. The number of methoxy groups -OCH3 is 1. The lowest BCUT2D eigenvalue weighted by atomic mass is 10.1. The number of benzene rings is 2. The van der Waals surface area contributed by atoms with Crippen LogP contribution in [-0.2, 0) is 6.42 Å². The molecule has 0 unspecified atom stereocenters. The summed E-state index contributed by atoms with van der Waals surface area (Å²) in [7, 11) is 1.37. The molecule has 0 aromatic heterocycles. The molecule has 8 heteroatoms. The molecule has 2 rings (SSSR count). The maximum atomic E-state index is 11.9. The van der Waals surface area contributed by atoms with E-state index in [2.05, 4.69) is 17.6 Å². The van der Waals surface area contributed by atoms with Crippen molar-refractivity contribution >= 4 is 17.4 Å². The minimum Gasteiger partial charge on any atom is -0.494 e. The van der Waals surface area contributed by atoms with Crippen LogP contribution in [0.2, 0.25) is 0 Å². The number of ether oxygens (including phenoxy) is 2. The summed E-state index contributed by atoms with van der Waals surface area (Å²) < 4.78 is 10.5. The van der Waals surface area contributed by atoms with E-state index in [1.54, 1.807) is 0 Å². The Morgan fingerprint density at radius 1 is 1.19 bits per heavy atom. The van der Waals surface area contributed by atoms with Gasteiger partial charge in [0, 0.05) is 6.07 Å². The average Bonchev–Trinajstić information content (AvgIpc) is 2.63. The van der Waals surface area contributed by atoms with Crippen molar-refractivity contribution in [3.8, 4) is 11.5 Å². The number of urea groups is 1. The lowest BCUT2D eigenvalue weighted by Crippen LogP contribution is -2.32. The summed E-state index contributed by atoms with van der Waals surface area (Å²) in [5.41, 5.74) is 1.43. The Morgan fingerprint density at radius 2 is 1.92 bits per heavy atom. The smallest absolute Gasteiger partial charge is 0.321 e. The first-order valence-electron chi connectivity index (χ1n) is 8.12. The summed E-state index contributed by atoms with van der Waals surface area (Å²) in [5.74, 6) is 0.847. The highest BCUT2D eigenvalue weighted by Crippen LogP contribution is 2.28. The number of hydrogen-bond donors (Lipinski definition) is 2. The lowest BCUT2D eigenvalue weighted by Gasteiger charge is -2.12. The summed E-state index contributed by atoms with van der Waals surface area (Å²) in [5, 5.41) is 15.9. The first-order valence-corrected chi connectivity index (χ1v) is 8.12. The number of nitro groups is 1. The highest BCUT2D eigenvalue weighted by molar-refractivity contribution is 5.91. The van der Waals surface area contributed by atoms with E-state index in [1.165, 1.54) is 30.9 Å². The lowest BCUT2D eigenvalue weighted by molar-refractivity contribution is -0.384. The standard InChI is InChI=1S/C18H21N3O5/c1-3-4-13-5-8-15(9-6-13)26-12-19-18(22)20-16-10-7-14(21(23)24)11-17(16)25-2/h5-11H,3-4,12H2,1-2H3,(H2,19,20,22). The van der Waals surface area contributed by atoms with Gasteiger partial charge >= 0.3 is 6.03 Å². The molecule has 0 radical (unpaired) electrons. The third kappa shape index (κ3) is 5.37. The van der Waals surface area contributed by atoms with Crippen LogP contribution in [0.15, 0.2) is 42.5 Å². The van der Waals surface area contributed by atoms with E-state index in [4.69, 9.17) is 9.47 Å². The van der Waals surface area contributed by atoms with Gasteiger partial charge in [-0.1, -0.05) is 25.5 Å². The van der Waals surface area contributed by atoms with Crippen molar-refractivity contribution in [3.63, 3.8) is 0 Å². The van der Waals surface area contributed by atoms with Crippen LogP contribution in [0.4, 0.5) is 16.2 Å². The maximum absolute atomic E-state index is 11.9. The quantitative estimate of drug-likeness (QED) is 0.425. The zero-order valence-corrected chi connectivity index (χ0v) is 14.7. The number of non-ortho nitro benzene ring substituents is 1. The van der Waals surface area contributed by atoms with E-state index in [0.717, 1.165) is 12.8 Å². The van der Waals surface area contributed by atoms with Crippen LogP contribution in [0.1, 0.15) is 18.9 Å². The van der Waals surface area contributed by atoms with Crippen LogP contribution in [-0.4, -0.2) is 24.8 Å². The molecule has 0 spiro atoms. The van der Waals surface area contributed by atoms with Gasteiger partial charge in [0.15, 0.2) is 6.73 Å². The summed E-state index contributed by atoms with van der Waals surface area (Å²) in [6.45, 7) is 2.10. The van der Waals surface area contributed by atoms with E-state index in [9.17, 15) is 14.9 Å². The molecular formula is C18H21N3O5. The fourth-order valence-electron chi connectivity index (χ4n) is 2.29. The first-order chi connectivity index (χ1) is 12.5. The SMILES string of the molecule is CCCc1ccc(OCNC(=O)Nc2ccc([N+](=O)[O-])cc2OC)cc1. The van der Waals surface area contributed by atoms with Crippen LogP contribution < -0.4 is 20.1 Å². The number of nitro benzene ring substituents is 1. The van der Waals surface area contributed by atoms with Crippen molar-refractivity contribution in [3.05, 3.63) is 58.1 Å². The second-order valence-electron chi connectivity index (χ2n) is 5.46. The van der Waals surface area contributed by atoms with Crippen molar-refractivity contribution < 1.29 is 19.2 Å². The minimum absolute atomic E-state index is 0.0196. The van der Waals surface area contributed by atoms with Gasteiger partial charge in [0.2, 0.25) is 0 Å². The van der Waals surface area contributed by atoms with Crippen LogP contribution in [0.25, 0.3) is 0 Å². The molecule has 0 aliphatic heterocycles. The van der Waals surface area contributed by atoms with E-state index >= 15 is 0 Å². The molecule has 2 amide bonds. The maximum Gasteiger partial charge on any atom is 0.321 e. The topological polar surface area (TPSA) is 103 Å². The van der Waals surface area contributed by atoms with E-state index < -0.39 is 11.0 Å². The van der Waals surface area contributed by atoms with E-state index in [1.807, 2.05) is 24.3 Å². The van der Waals surface area contributed by atoms with Crippen molar-refractivity contribution in [2.24, 2.45) is 0 Å². The van der Waals surface area contributed by atoms with Gasteiger partial charge in [0.1, 0.15) is 11.5 Å². The molecule has 0 aliphatic rings. The molecule has 2 aromatic rings. The van der Waals surface area contributed by atoms with E-state index in [-0.39, 0.29) is 18.2 Å². The molecule has 0 saturated heterocycles. The largest absolute Gasteiger partial charge is 0.494 e. The van der Waals surface area contributed by atoms with Gasteiger partial charge in [-0.15, -0.1) is 0 Å². The Morgan fingerprint density at radius 3 is 2.54 bits per heavy atom. The van der Waals surface area contributed by atoms with Crippen LogP contribution in [0.3, 0.4) is 0 Å². The number of nitrogens with one attached hydrogen (secondary N) is 2. The van der Waals surface area contributed by atoms with Crippen molar-refractivity contribution in [2.45, 2.75) is 19.8 Å². The Balaban J connectivity index is 1.86. The molecular weight excluding hydrogens is 338 g/mol. The number of nitrogens with zero attached hydrogens (tertiary/aromatic N) is 1. The monoisotopic (exact) mass is 359 g/mol. The summed E-state index contributed by atoms with van der Waals surface area (Å²) >= 11 is 0. The number of anilines is 1. The number of aryl methyl sites for hydroxylation is 1. The third-order valence-electron chi connectivity index (χ3n) is 3.58.